The molecule has 0 spiro atoms. The number of fused-ring (bicyclic) bond motifs is 1. The van der Waals surface area contributed by atoms with E-state index in [0.717, 1.165) is 12.0 Å². The molecule has 25 heavy (non-hydrogen) atoms. The van der Waals surface area contributed by atoms with E-state index in [1.54, 1.807) is 0 Å². The minimum Gasteiger partial charge on any atom is -0.458 e. The fourth-order valence-corrected chi connectivity index (χ4v) is 4.05. The molecule has 2 aliphatic rings. The van der Waals surface area contributed by atoms with Gasteiger partial charge < -0.3 is 14.4 Å². The summed E-state index contributed by atoms with van der Waals surface area (Å²) in [6.45, 7) is 4.56. The third-order valence-electron chi connectivity index (χ3n) is 4.22. The molecule has 2 aromatic rings. The number of ether oxygens (including phenoxy) is 2. The lowest BCUT2D eigenvalue weighted by Gasteiger charge is -2.24. The molecule has 0 N–H and O–H groups in total. The van der Waals surface area contributed by atoms with Gasteiger partial charge in [0.1, 0.15) is 17.9 Å². The van der Waals surface area contributed by atoms with Crippen LogP contribution in [0.1, 0.15) is 16.5 Å². The van der Waals surface area contributed by atoms with Crippen molar-refractivity contribution in [3.05, 3.63) is 83.7 Å². The number of hydrogen-bond donors (Lipinski definition) is 0. The molecule has 0 saturated carbocycles. The number of rotatable bonds is 4. The van der Waals surface area contributed by atoms with Gasteiger partial charge in [-0.3, -0.25) is 4.79 Å². The molecule has 1 fully saturated rings. The van der Waals surface area contributed by atoms with Gasteiger partial charge in [-0.25, -0.2) is 0 Å². The standard InChI is InChI=1S/C20H17NO3S/c1-14-19(22)21(10-9-15-5-3-2-4-6-15)20(25-14)16-7-8-17-18(13-16)24-12-11-23-17/h2-8,11-13,20H,1,9-10H2. The first-order valence-corrected chi connectivity index (χ1v) is 8.93. The molecule has 126 valence electrons. The maximum absolute atomic E-state index is 12.5. The van der Waals surface area contributed by atoms with Crippen LogP contribution in [0, 0.1) is 0 Å². The van der Waals surface area contributed by atoms with Crippen LogP contribution in [-0.4, -0.2) is 17.4 Å². The van der Waals surface area contributed by atoms with Gasteiger partial charge in [-0.05, 0) is 29.7 Å². The van der Waals surface area contributed by atoms with E-state index in [1.807, 2.05) is 41.3 Å². The average molecular weight is 351 g/mol. The van der Waals surface area contributed by atoms with Crippen LogP contribution in [0.2, 0.25) is 0 Å². The fraction of sp³-hybridized carbons (Fsp3) is 0.150. The van der Waals surface area contributed by atoms with Crippen LogP contribution in [0.25, 0.3) is 0 Å². The van der Waals surface area contributed by atoms with Crippen LogP contribution in [0.3, 0.4) is 0 Å². The van der Waals surface area contributed by atoms with Gasteiger partial charge in [0.05, 0.1) is 4.91 Å². The maximum Gasteiger partial charge on any atom is 0.260 e. The lowest BCUT2D eigenvalue weighted by Crippen LogP contribution is -2.29. The largest absolute Gasteiger partial charge is 0.458 e. The molecule has 2 aliphatic heterocycles. The molecule has 0 bridgehead atoms. The summed E-state index contributed by atoms with van der Waals surface area (Å²) in [5.74, 6) is 1.34. The van der Waals surface area contributed by atoms with Gasteiger partial charge >= 0.3 is 0 Å². The lowest BCUT2D eigenvalue weighted by atomic mass is 10.1. The second kappa shape index (κ2) is 6.69. The molecule has 4 rings (SSSR count). The Bertz CT molecular complexity index is 847. The highest BCUT2D eigenvalue weighted by Gasteiger charge is 2.36. The molecule has 0 aromatic heterocycles. The van der Waals surface area contributed by atoms with Crippen LogP contribution < -0.4 is 9.47 Å². The van der Waals surface area contributed by atoms with Crippen LogP contribution >= 0.6 is 11.8 Å². The molecule has 0 aliphatic carbocycles. The SMILES string of the molecule is C=C1SC(c2ccc3c(c2)OC=CO3)N(CCc2ccccc2)C1=O. The third-order valence-corrected chi connectivity index (χ3v) is 5.43. The summed E-state index contributed by atoms with van der Waals surface area (Å²) in [6.07, 6.45) is 3.82. The summed E-state index contributed by atoms with van der Waals surface area (Å²) in [7, 11) is 0. The van der Waals surface area contributed by atoms with Crippen molar-refractivity contribution in [2.24, 2.45) is 0 Å². The van der Waals surface area contributed by atoms with E-state index in [4.69, 9.17) is 9.47 Å². The first kappa shape index (κ1) is 15.8. The predicted octanol–water partition coefficient (Wildman–Crippen LogP) is 4.26. The van der Waals surface area contributed by atoms with Crippen LogP contribution in [0.15, 0.2) is 72.5 Å². The van der Waals surface area contributed by atoms with E-state index in [9.17, 15) is 4.79 Å². The van der Waals surface area contributed by atoms with Gasteiger partial charge in [0.15, 0.2) is 11.5 Å². The zero-order valence-electron chi connectivity index (χ0n) is 13.6. The summed E-state index contributed by atoms with van der Waals surface area (Å²) in [6, 6.07) is 16.0. The smallest absolute Gasteiger partial charge is 0.260 e. The van der Waals surface area contributed by atoms with Crippen molar-refractivity contribution in [3.8, 4) is 11.5 Å². The molecule has 1 amide bonds. The monoisotopic (exact) mass is 351 g/mol. The topological polar surface area (TPSA) is 38.8 Å². The quantitative estimate of drug-likeness (QED) is 0.772. The van der Waals surface area contributed by atoms with Crippen molar-refractivity contribution in [2.45, 2.75) is 11.8 Å². The Morgan fingerprint density at radius 2 is 1.80 bits per heavy atom. The molecule has 2 heterocycles. The normalized spacial score (nSPS) is 18.7. The minimum absolute atomic E-state index is 0.000663. The number of carbonyl (C=O) groups excluding carboxylic acids is 1. The maximum atomic E-state index is 12.5. The first-order valence-electron chi connectivity index (χ1n) is 8.05. The Balaban J connectivity index is 1.57. The molecule has 1 atom stereocenters. The van der Waals surface area contributed by atoms with Crippen molar-refractivity contribution in [2.75, 3.05) is 6.54 Å². The summed E-state index contributed by atoms with van der Waals surface area (Å²) >= 11 is 1.49. The van der Waals surface area contributed by atoms with Crippen LogP contribution in [0.4, 0.5) is 0 Å². The van der Waals surface area contributed by atoms with Crippen molar-refractivity contribution >= 4 is 17.7 Å². The van der Waals surface area contributed by atoms with Gasteiger partial charge in [-0.1, -0.05) is 54.7 Å². The zero-order chi connectivity index (χ0) is 17.2. The second-order valence-electron chi connectivity index (χ2n) is 5.84. The summed E-state index contributed by atoms with van der Waals surface area (Å²) in [4.78, 5) is 15.0. The van der Waals surface area contributed by atoms with Gasteiger partial charge in [-0.15, -0.1) is 0 Å². The molecular formula is C20H17NO3S. The molecule has 4 nitrogen and oxygen atoms in total. The molecule has 1 saturated heterocycles. The molecule has 1 unspecified atom stereocenters. The summed E-state index contributed by atoms with van der Waals surface area (Å²) < 4.78 is 10.9. The van der Waals surface area contributed by atoms with Gasteiger partial charge in [0.2, 0.25) is 0 Å². The Hall–Kier alpha value is -2.66. The van der Waals surface area contributed by atoms with E-state index >= 15 is 0 Å². The van der Waals surface area contributed by atoms with Crippen molar-refractivity contribution in [1.82, 2.24) is 4.90 Å². The van der Waals surface area contributed by atoms with Gasteiger partial charge in [0.25, 0.3) is 5.91 Å². The highest BCUT2D eigenvalue weighted by molar-refractivity contribution is 8.04. The van der Waals surface area contributed by atoms with E-state index in [-0.39, 0.29) is 11.3 Å². The molecule has 5 heteroatoms. The molecular weight excluding hydrogens is 334 g/mol. The van der Waals surface area contributed by atoms with E-state index < -0.39 is 0 Å². The zero-order valence-corrected chi connectivity index (χ0v) is 14.4. The van der Waals surface area contributed by atoms with E-state index in [1.165, 1.54) is 29.8 Å². The van der Waals surface area contributed by atoms with Gasteiger partial charge in [-0.2, -0.15) is 0 Å². The lowest BCUT2D eigenvalue weighted by molar-refractivity contribution is -0.126. The van der Waals surface area contributed by atoms with Crippen molar-refractivity contribution < 1.29 is 14.3 Å². The average Bonchev–Trinajstić information content (AvgIpc) is 2.95. The van der Waals surface area contributed by atoms with Crippen molar-refractivity contribution in [3.63, 3.8) is 0 Å². The molecule has 2 aromatic carbocycles. The predicted molar refractivity (Wildman–Crippen MR) is 98.2 cm³/mol. The Labute approximate surface area is 150 Å². The highest BCUT2D eigenvalue weighted by Crippen LogP contribution is 2.46. The van der Waals surface area contributed by atoms with E-state index in [2.05, 4.69) is 18.7 Å². The number of nitrogens with zero attached hydrogens (tertiary/aromatic N) is 1. The van der Waals surface area contributed by atoms with E-state index in [0.29, 0.717) is 22.9 Å². The van der Waals surface area contributed by atoms with Crippen LogP contribution in [-0.2, 0) is 11.2 Å². The minimum atomic E-state index is -0.0940. The number of benzene rings is 2. The third kappa shape index (κ3) is 3.15. The Kier molecular flexibility index (Phi) is 4.24. The fourth-order valence-electron chi connectivity index (χ4n) is 2.95. The van der Waals surface area contributed by atoms with Crippen LogP contribution in [0.5, 0.6) is 11.5 Å². The molecule has 0 radical (unpaired) electrons. The highest BCUT2D eigenvalue weighted by atomic mass is 32.2. The number of carbonyl (C=O) groups is 1. The number of thioether (sulfide) groups is 1. The number of amides is 1. The van der Waals surface area contributed by atoms with Gasteiger partial charge in [0, 0.05) is 6.54 Å². The van der Waals surface area contributed by atoms with Crippen molar-refractivity contribution in [1.29, 1.82) is 0 Å². The Morgan fingerprint density at radius 3 is 2.60 bits per heavy atom. The second-order valence-corrected chi connectivity index (χ2v) is 7.02. The summed E-state index contributed by atoms with van der Waals surface area (Å²) in [5, 5.41) is -0.0940. The number of hydrogen-bond acceptors (Lipinski definition) is 4. The first-order chi connectivity index (χ1) is 12.2. The summed E-state index contributed by atoms with van der Waals surface area (Å²) in [5.41, 5.74) is 2.21. The Morgan fingerprint density at radius 1 is 1.04 bits per heavy atom.